The number of hydrogen-bond donors (Lipinski definition) is 3. The summed E-state index contributed by atoms with van der Waals surface area (Å²) < 4.78 is 18.5. The number of hydrogen-bond acceptors (Lipinski definition) is 3. The molecular formula is C10H11NO2S. The maximum atomic E-state index is 9.27. The lowest BCUT2D eigenvalue weighted by molar-refractivity contribution is 0.489. The summed E-state index contributed by atoms with van der Waals surface area (Å²) in [7, 11) is -3.09. The highest BCUT2D eigenvalue weighted by molar-refractivity contribution is 8.22. The quantitative estimate of drug-likeness (QED) is 0.676. The van der Waals surface area contributed by atoms with Crippen LogP contribution in [0.25, 0.3) is 10.8 Å². The van der Waals surface area contributed by atoms with Crippen LogP contribution in [-0.2, 0) is 0 Å². The molecule has 2 aromatic carbocycles. The van der Waals surface area contributed by atoms with Crippen LogP contribution in [0.4, 0.5) is 0 Å². The van der Waals surface area contributed by atoms with E-state index in [0.717, 1.165) is 10.8 Å². The Balaban J connectivity index is 2.63. The Kier molecular flexibility index (Phi) is 2.20. The number of fused-ring (bicyclic) bond motifs is 1. The average molecular weight is 209 g/mol. The Hall–Kier alpha value is -1.07. The van der Waals surface area contributed by atoms with Crippen molar-refractivity contribution in [2.45, 2.75) is 4.90 Å². The van der Waals surface area contributed by atoms with E-state index in [1.807, 2.05) is 30.3 Å². The van der Waals surface area contributed by atoms with Crippen LogP contribution in [0.3, 0.4) is 0 Å². The zero-order valence-corrected chi connectivity index (χ0v) is 8.24. The van der Waals surface area contributed by atoms with Crippen molar-refractivity contribution in [3.8, 4) is 0 Å². The first-order chi connectivity index (χ1) is 6.57. The summed E-state index contributed by atoms with van der Waals surface area (Å²) in [6, 6.07) is 12.9. The first-order valence-electron chi connectivity index (χ1n) is 4.12. The van der Waals surface area contributed by atoms with Crippen LogP contribution in [-0.4, -0.2) is 9.11 Å². The van der Waals surface area contributed by atoms with Crippen LogP contribution in [0, 0.1) is 0 Å². The molecule has 0 aliphatic rings. The van der Waals surface area contributed by atoms with Crippen molar-refractivity contribution >= 4 is 21.5 Å². The molecule has 0 unspecified atom stereocenters. The number of rotatable bonds is 1. The largest absolute Gasteiger partial charge is 0.282 e. The zero-order valence-electron chi connectivity index (χ0n) is 7.42. The maximum Gasteiger partial charge on any atom is 0.0754 e. The average Bonchev–Trinajstić information content (AvgIpc) is 2.16. The van der Waals surface area contributed by atoms with Crippen molar-refractivity contribution in [1.82, 2.24) is 0 Å². The highest BCUT2D eigenvalue weighted by Crippen LogP contribution is 2.40. The molecule has 0 aliphatic carbocycles. The fraction of sp³-hybridized carbons (Fsp3) is 0. The van der Waals surface area contributed by atoms with Crippen molar-refractivity contribution < 1.29 is 9.11 Å². The standard InChI is InChI=1S/C10H11NO2S/c11-14(12,13)10-6-5-8-3-1-2-4-9(8)7-10/h1-7,12-13H,11H2. The summed E-state index contributed by atoms with van der Waals surface area (Å²) in [6.07, 6.45) is 0. The van der Waals surface area contributed by atoms with Gasteiger partial charge in [-0.1, -0.05) is 30.3 Å². The van der Waals surface area contributed by atoms with Gasteiger partial charge in [0.1, 0.15) is 0 Å². The summed E-state index contributed by atoms with van der Waals surface area (Å²) in [6.45, 7) is 0. The molecule has 4 heteroatoms. The van der Waals surface area contributed by atoms with Gasteiger partial charge in [0.05, 0.1) is 4.90 Å². The summed E-state index contributed by atoms with van der Waals surface area (Å²) >= 11 is 0. The third-order valence-electron chi connectivity index (χ3n) is 2.07. The van der Waals surface area contributed by atoms with Gasteiger partial charge in [0.2, 0.25) is 0 Å². The second kappa shape index (κ2) is 3.25. The predicted molar refractivity (Wildman–Crippen MR) is 59.3 cm³/mol. The monoisotopic (exact) mass is 209 g/mol. The van der Waals surface area contributed by atoms with Crippen LogP contribution in [0.5, 0.6) is 0 Å². The Morgan fingerprint density at radius 1 is 0.929 bits per heavy atom. The van der Waals surface area contributed by atoms with Gasteiger partial charge in [-0.25, -0.2) is 5.14 Å². The third-order valence-corrected chi connectivity index (χ3v) is 3.02. The van der Waals surface area contributed by atoms with Gasteiger partial charge in [0.15, 0.2) is 0 Å². The Morgan fingerprint density at radius 3 is 2.21 bits per heavy atom. The van der Waals surface area contributed by atoms with E-state index in [1.54, 1.807) is 12.1 Å². The predicted octanol–water partition coefficient (Wildman–Crippen LogP) is 2.82. The van der Waals surface area contributed by atoms with Gasteiger partial charge in [-0.15, -0.1) is 10.8 Å². The lowest BCUT2D eigenvalue weighted by Crippen LogP contribution is -2.08. The smallest absolute Gasteiger partial charge is 0.0754 e. The molecule has 74 valence electrons. The molecule has 0 heterocycles. The summed E-state index contributed by atoms with van der Waals surface area (Å²) in [5.41, 5.74) is 0. The van der Waals surface area contributed by atoms with E-state index < -0.39 is 10.8 Å². The highest BCUT2D eigenvalue weighted by Gasteiger charge is 2.08. The molecule has 0 fully saturated rings. The fourth-order valence-electron chi connectivity index (χ4n) is 1.35. The van der Waals surface area contributed by atoms with E-state index in [1.165, 1.54) is 0 Å². The minimum atomic E-state index is -3.09. The molecule has 0 bridgehead atoms. The van der Waals surface area contributed by atoms with Crippen LogP contribution in [0.2, 0.25) is 0 Å². The Bertz CT molecular complexity index is 465. The number of benzene rings is 2. The lowest BCUT2D eigenvalue weighted by atomic mass is 10.1. The van der Waals surface area contributed by atoms with Gasteiger partial charge in [-0.3, -0.25) is 9.11 Å². The van der Waals surface area contributed by atoms with E-state index >= 15 is 0 Å². The summed E-state index contributed by atoms with van der Waals surface area (Å²) in [4.78, 5) is 0.371. The van der Waals surface area contributed by atoms with Gasteiger partial charge < -0.3 is 0 Å². The van der Waals surface area contributed by atoms with Gasteiger partial charge in [0.25, 0.3) is 0 Å². The first-order valence-corrected chi connectivity index (χ1v) is 5.73. The maximum absolute atomic E-state index is 9.27. The van der Waals surface area contributed by atoms with Gasteiger partial charge >= 0.3 is 0 Å². The summed E-state index contributed by atoms with van der Waals surface area (Å²) in [5.74, 6) is 0. The molecule has 0 aliphatic heterocycles. The van der Waals surface area contributed by atoms with Crippen molar-refractivity contribution in [2.75, 3.05) is 0 Å². The van der Waals surface area contributed by atoms with Crippen molar-refractivity contribution in [1.29, 1.82) is 0 Å². The van der Waals surface area contributed by atoms with Crippen LogP contribution in [0.15, 0.2) is 47.4 Å². The molecule has 0 saturated heterocycles. The van der Waals surface area contributed by atoms with Crippen LogP contribution < -0.4 is 5.14 Å². The minimum absolute atomic E-state index is 0.371. The molecular weight excluding hydrogens is 198 g/mol. The molecule has 2 aromatic rings. The molecule has 0 spiro atoms. The highest BCUT2D eigenvalue weighted by atomic mass is 32.3. The third kappa shape index (κ3) is 1.73. The molecule has 0 atom stereocenters. The molecule has 0 saturated carbocycles. The molecule has 2 rings (SSSR count). The second-order valence-corrected chi connectivity index (χ2v) is 4.76. The van der Waals surface area contributed by atoms with Crippen molar-refractivity contribution in [3.63, 3.8) is 0 Å². The first kappa shape index (κ1) is 9.48. The van der Waals surface area contributed by atoms with Crippen LogP contribution >= 0.6 is 10.8 Å². The molecule has 0 aromatic heterocycles. The number of nitrogens with two attached hydrogens (primary N) is 1. The van der Waals surface area contributed by atoms with Gasteiger partial charge in [-0.05, 0) is 22.9 Å². The molecule has 0 radical (unpaired) electrons. The minimum Gasteiger partial charge on any atom is -0.282 e. The Morgan fingerprint density at radius 2 is 1.57 bits per heavy atom. The zero-order chi connectivity index (χ0) is 10.2. The van der Waals surface area contributed by atoms with Crippen molar-refractivity contribution in [3.05, 3.63) is 42.5 Å². The van der Waals surface area contributed by atoms with E-state index in [0.29, 0.717) is 4.90 Å². The second-order valence-electron chi connectivity index (χ2n) is 3.10. The topological polar surface area (TPSA) is 66.5 Å². The van der Waals surface area contributed by atoms with E-state index in [4.69, 9.17) is 5.14 Å². The van der Waals surface area contributed by atoms with Gasteiger partial charge in [-0.2, -0.15) is 0 Å². The van der Waals surface area contributed by atoms with E-state index in [2.05, 4.69) is 0 Å². The van der Waals surface area contributed by atoms with Crippen molar-refractivity contribution in [2.24, 2.45) is 5.14 Å². The van der Waals surface area contributed by atoms with Gasteiger partial charge in [0, 0.05) is 0 Å². The van der Waals surface area contributed by atoms with E-state index in [-0.39, 0.29) is 0 Å². The molecule has 3 nitrogen and oxygen atoms in total. The molecule has 0 amide bonds. The lowest BCUT2D eigenvalue weighted by Gasteiger charge is -2.26. The molecule has 4 N–H and O–H groups in total. The molecule has 14 heavy (non-hydrogen) atoms. The summed E-state index contributed by atoms with van der Waals surface area (Å²) in [5, 5.41) is 7.25. The van der Waals surface area contributed by atoms with Crippen LogP contribution in [0.1, 0.15) is 0 Å². The van der Waals surface area contributed by atoms with E-state index in [9.17, 15) is 9.11 Å². The SMILES string of the molecule is NS(O)(O)c1ccc2ccccc2c1. The normalized spacial score (nSPS) is 13.1. The fourth-order valence-corrected chi connectivity index (χ4v) is 1.92. The Labute approximate surface area is 83.7 Å².